The van der Waals surface area contributed by atoms with Crippen molar-refractivity contribution in [1.29, 1.82) is 0 Å². The SMILES string of the molecule is CC1CCCCN1Cc1ccc(C2COc3ccccc3O2)cc1. The summed E-state index contributed by atoms with van der Waals surface area (Å²) < 4.78 is 11.9. The van der Waals surface area contributed by atoms with Gasteiger partial charge in [-0.3, -0.25) is 4.90 Å². The van der Waals surface area contributed by atoms with E-state index in [1.807, 2.05) is 24.3 Å². The van der Waals surface area contributed by atoms with Gasteiger partial charge in [-0.25, -0.2) is 0 Å². The summed E-state index contributed by atoms with van der Waals surface area (Å²) in [7, 11) is 0. The Bertz CT molecular complexity index is 682. The second-order valence-electron chi connectivity index (χ2n) is 6.92. The molecule has 0 spiro atoms. The molecule has 2 heterocycles. The number of rotatable bonds is 3. The van der Waals surface area contributed by atoms with Crippen molar-refractivity contribution in [3.8, 4) is 11.5 Å². The lowest BCUT2D eigenvalue weighted by Crippen LogP contribution is -2.36. The Morgan fingerprint density at radius 3 is 2.58 bits per heavy atom. The Labute approximate surface area is 144 Å². The van der Waals surface area contributed by atoms with Crippen LogP contribution in [0.25, 0.3) is 0 Å². The summed E-state index contributed by atoms with van der Waals surface area (Å²) in [6.07, 6.45) is 4.00. The van der Waals surface area contributed by atoms with Gasteiger partial charge >= 0.3 is 0 Å². The smallest absolute Gasteiger partial charge is 0.162 e. The number of hydrogen-bond acceptors (Lipinski definition) is 3. The van der Waals surface area contributed by atoms with Crippen LogP contribution in [0.4, 0.5) is 0 Å². The average Bonchev–Trinajstić information content (AvgIpc) is 2.64. The van der Waals surface area contributed by atoms with Crippen LogP contribution >= 0.6 is 0 Å². The summed E-state index contributed by atoms with van der Waals surface area (Å²) in [5.41, 5.74) is 2.56. The number of hydrogen-bond donors (Lipinski definition) is 0. The Kier molecular flexibility index (Phi) is 4.44. The second kappa shape index (κ2) is 6.86. The van der Waals surface area contributed by atoms with Crippen LogP contribution in [0.5, 0.6) is 11.5 Å². The molecule has 0 amide bonds. The molecule has 0 radical (unpaired) electrons. The number of likely N-dealkylation sites (tertiary alicyclic amines) is 1. The van der Waals surface area contributed by atoms with Crippen molar-refractivity contribution in [3.63, 3.8) is 0 Å². The van der Waals surface area contributed by atoms with Gasteiger partial charge in [0.15, 0.2) is 17.6 Å². The maximum Gasteiger partial charge on any atom is 0.162 e. The van der Waals surface area contributed by atoms with Gasteiger partial charge in [0.05, 0.1) is 0 Å². The van der Waals surface area contributed by atoms with E-state index in [2.05, 4.69) is 36.1 Å². The maximum absolute atomic E-state index is 6.09. The third-order valence-electron chi connectivity index (χ3n) is 5.19. The maximum atomic E-state index is 6.09. The van der Waals surface area contributed by atoms with Crippen molar-refractivity contribution in [2.45, 2.75) is 44.9 Å². The number of para-hydroxylation sites is 2. The Morgan fingerprint density at radius 1 is 1.00 bits per heavy atom. The Hall–Kier alpha value is -2.00. The molecule has 2 aromatic carbocycles. The predicted molar refractivity (Wildman–Crippen MR) is 95.5 cm³/mol. The molecule has 3 heteroatoms. The van der Waals surface area contributed by atoms with E-state index in [1.54, 1.807) is 0 Å². The fourth-order valence-corrected chi connectivity index (χ4v) is 3.65. The number of fused-ring (bicyclic) bond motifs is 1. The van der Waals surface area contributed by atoms with Crippen molar-refractivity contribution in [2.75, 3.05) is 13.2 Å². The number of nitrogens with zero attached hydrogens (tertiary/aromatic N) is 1. The van der Waals surface area contributed by atoms with Crippen LogP contribution in [0.15, 0.2) is 48.5 Å². The second-order valence-corrected chi connectivity index (χ2v) is 6.92. The zero-order valence-electron chi connectivity index (χ0n) is 14.3. The van der Waals surface area contributed by atoms with Gasteiger partial charge in [0.2, 0.25) is 0 Å². The van der Waals surface area contributed by atoms with Gasteiger partial charge in [0, 0.05) is 12.6 Å². The monoisotopic (exact) mass is 323 g/mol. The molecule has 0 aliphatic carbocycles. The van der Waals surface area contributed by atoms with Crippen LogP contribution in [0.3, 0.4) is 0 Å². The van der Waals surface area contributed by atoms with Crippen LogP contribution < -0.4 is 9.47 Å². The molecule has 0 aromatic heterocycles. The molecule has 4 rings (SSSR count). The largest absolute Gasteiger partial charge is 0.485 e. The molecule has 0 bridgehead atoms. The number of ether oxygens (including phenoxy) is 2. The first-order chi connectivity index (χ1) is 11.8. The lowest BCUT2D eigenvalue weighted by molar-refractivity contribution is 0.0912. The van der Waals surface area contributed by atoms with E-state index < -0.39 is 0 Å². The highest BCUT2D eigenvalue weighted by atomic mass is 16.6. The minimum atomic E-state index is -0.0251. The number of benzene rings is 2. The summed E-state index contributed by atoms with van der Waals surface area (Å²) in [5.74, 6) is 1.67. The van der Waals surface area contributed by atoms with Gasteiger partial charge in [-0.05, 0) is 49.6 Å². The summed E-state index contributed by atoms with van der Waals surface area (Å²) in [4.78, 5) is 2.59. The molecule has 2 aromatic rings. The first-order valence-corrected chi connectivity index (χ1v) is 9.01. The van der Waals surface area contributed by atoms with Crippen LogP contribution in [0.1, 0.15) is 43.4 Å². The van der Waals surface area contributed by atoms with Gasteiger partial charge in [0.1, 0.15) is 6.61 Å². The van der Waals surface area contributed by atoms with Gasteiger partial charge in [-0.2, -0.15) is 0 Å². The fourth-order valence-electron chi connectivity index (χ4n) is 3.65. The molecule has 2 aliphatic heterocycles. The quantitative estimate of drug-likeness (QED) is 0.825. The van der Waals surface area contributed by atoms with Crippen molar-refractivity contribution < 1.29 is 9.47 Å². The number of piperidine rings is 1. The molecule has 0 N–H and O–H groups in total. The third kappa shape index (κ3) is 3.27. The molecule has 24 heavy (non-hydrogen) atoms. The Morgan fingerprint density at radius 2 is 1.79 bits per heavy atom. The predicted octanol–water partition coefficient (Wildman–Crippen LogP) is 4.57. The van der Waals surface area contributed by atoms with Crippen molar-refractivity contribution in [1.82, 2.24) is 4.90 Å². The lowest BCUT2D eigenvalue weighted by Gasteiger charge is -2.33. The van der Waals surface area contributed by atoms with E-state index in [-0.39, 0.29) is 6.10 Å². The third-order valence-corrected chi connectivity index (χ3v) is 5.19. The standard InChI is InChI=1S/C21H25NO2/c1-16-6-4-5-13-22(16)14-17-9-11-18(12-10-17)21-15-23-19-7-2-3-8-20(19)24-21/h2-3,7-12,16,21H,4-6,13-15H2,1H3. The van der Waals surface area contributed by atoms with E-state index >= 15 is 0 Å². The summed E-state index contributed by atoms with van der Waals surface area (Å²) in [5, 5.41) is 0. The van der Waals surface area contributed by atoms with Crippen LogP contribution in [-0.4, -0.2) is 24.1 Å². The highest BCUT2D eigenvalue weighted by molar-refractivity contribution is 5.41. The van der Waals surface area contributed by atoms with Crippen molar-refractivity contribution in [3.05, 3.63) is 59.7 Å². The van der Waals surface area contributed by atoms with E-state index in [9.17, 15) is 0 Å². The molecule has 2 aliphatic rings. The molecule has 0 saturated carbocycles. The zero-order chi connectivity index (χ0) is 16.4. The molecular weight excluding hydrogens is 298 g/mol. The summed E-state index contributed by atoms with van der Waals surface area (Å²) >= 11 is 0. The summed E-state index contributed by atoms with van der Waals surface area (Å²) in [6.45, 7) is 5.18. The van der Waals surface area contributed by atoms with E-state index in [1.165, 1.54) is 36.9 Å². The minimum absolute atomic E-state index is 0.0251. The normalized spacial score (nSPS) is 23.9. The lowest BCUT2D eigenvalue weighted by atomic mass is 10.0. The zero-order valence-corrected chi connectivity index (χ0v) is 14.3. The molecule has 126 valence electrons. The van der Waals surface area contributed by atoms with Crippen molar-refractivity contribution in [2.24, 2.45) is 0 Å². The van der Waals surface area contributed by atoms with Gasteiger partial charge < -0.3 is 9.47 Å². The molecule has 1 fully saturated rings. The highest BCUT2D eigenvalue weighted by Gasteiger charge is 2.22. The van der Waals surface area contributed by atoms with E-state index in [0.717, 1.165) is 18.0 Å². The van der Waals surface area contributed by atoms with Crippen LogP contribution in [-0.2, 0) is 6.54 Å². The molecule has 3 nitrogen and oxygen atoms in total. The first-order valence-electron chi connectivity index (χ1n) is 9.01. The van der Waals surface area contributed by atoms with E-state index in [4.69, 9.17) is 9.47 Å². The Balaban J connectivity index is 1.43. The molecule has 2 unspecified atom stereocenters. The minimum Gasteiger partial charge on any atom is -0.485 e. The van der Waals surface area contributed by atoms with Crippen LogP contribution in [0.2, 0.25) is 0 Å². The van der Waals surface area contributed by atoms with Gasteiger partial charge in [0.25, 0.3) is 0 Å². The highest BCUT2D eigenvalue weighted by Crippen LogP contribution is 2.35. The van der Waals surface area contributed by atoms with Gasteiger partial charge in [-0.1, -0.05) is 42.8 Å². The van der Waals surface area contributed by atoms with Gasteiger partial charge in [-0.15, -0.1) is 0 Å². The molecule has 2 atom stereocenters. The average molecular weight is 323 g/mol. The summed E-state index contributed by atoms with van der Waals surface area (Å²) in [6, 6.07) is 17.4. The molecular formula is C21H25NO2. The molecule has 1 saturated heterocycles. The van der Waals surface area contributed by atoms with E-state index in [0.29, 0.717) is 12.6 Å². The topological polar surface area (TPSA) is 21.7 Å². The van der Waals surface area contributed by atoms with Crippen molar-refractivity contribution >= 4 is 0 Å². The first kappa shape index (κ1) is 15.5. The van der Waals surface area contributed by atoms with Crippen LogP contribution in [0, 0.1) is 0 Å². The fraction of sp³-hybridized carbons (Fsp3) is 0.429.